The third-order valence-corrected chi connectivity index (χ3v) is 9.72. The van der Waals surface area contributed by atoms with E-state index in [4.69, 9.17) is 18.5 Å². The van der Waals surface area contributed by atoms with Crippen LogP contribution in [0.4, 0.5) is 0 Å². The first-order chi connectivity index (χ1) is 27.0. The summed E-state index contributed by atoms with van der Waals surface area (Å²) in [7, 11) is 1.11. The van der Waals surface area contributed by atoms with Crippen LogP contribution in [0, 0.1) is 0 Å². The highest BCUT2D eigenvalue weighted by molar-refractivity contribution is 7.45. The minimum absolute atomic E-state index is 0.0468. The number of likely N-dealkylation sites (N-methyl/N-ethyl adjacent to an activating group) is 1. The summed E-state index contributed by atoms with van der Waals surface area (Å²) in [6.45, 7) is 4.01. The van der Waals surface area contributed by atoms with Gasteiger partial charge in [0.2, 0.25) is 0 Å². The zero-order chi connectivity index (χ0) is 41.4. The van der Waals surface area contributed by atoms with Crippen LogP contribution in [0.3, 0.4) is 0 Å². The SMILES string of the molecule is CC/C=C/C/C=C/C/C=C/C/C=C/C/C=C/C/C=C/CCC(=O)OC(COC(=O)CCCCCCCCCCCCCCC)COP(=O)([O-])OCC[N+](C)(C)C. The molecule has 0 rings (SSSR count). The number of phosphoric ester groups is 1. The number of hydrogen-bond acceptors (Lipinski definition) is 8. The van der Waals surface area contributed by atoms with Gasteiger partial charge >= 0.3 is 11.9 Å². The summed E-state index contributed by atoms with van der Waals surface area (Å²) in [6.07, 6.45) is 46.6. The van der Waals surface area contributed by atoms with Gasteiger partial charge in [0.1, 0.15) is 19.8 Å². The Hall–Kier alpha value is -2.55. The molecule has 0 aliphatic rings. The van der Waals surface area contributed by atoms with Crippen LogP contribution in [0.2, 0.25) is 0 Å². The van der Waals surface area contributed by atoms with Crippen molar-refractivity contribution in [1.29, 1.82) is 0 Å². The molecule has 0 radical (unpaired) electrons. The second kappa shape index (κ2) is 38.0. The maximum Gasteiger partial charge on any atom is 0.306 e. The van der Waals surface area contributed by atoms with Gasteiger partial charge in [-0.2, -0.15) is 0 Å². The first kappa shape index (κ1) is 53.5. The van der Waals surface area contributed by atoms with Crippen molar-refractivity contribution in [2.75, 3.05) is 47.5 Å². The highest BCUT2D eigenvalue weighted by atomic mass is 31.2. The second-order valence-corrected chi connectivity index (χ2v) is 16.7. The standard InChI is InChI=1S/C46H80NO8P/c1-6-8-10-12-14-16-18-20-21-22-23-24-25-27-29-31-33-35-37-39-46(49)55-44(43-54-56(50,51)53-41-40-47(3,4)5)42-52-45(48)38-36-34-32-30-28-26-19-17-15-13-11-9-7-2/h8,10,14,16,20-21,23-24,27,29,33,35,44H,6-7,9,11-13,15,17-19,22,25-26,28,30-32,34,36-43H2,1-5H3/b10-8+,16-14+,21-20+,24-23+,29-27+,35-33+. The minimum Gasteiger partial charge on any atom is -0.756 e. The number of rotatable bonds is 38. The van der Waals surface area contributed by atoms with Gasteiger partial charge in [0.05, 0.1) is 27.7 Å². The summed E-state index contributed by atoms with van der Waals surface area (Å²) in [5.74, 6) is -0.936. The van der Waals surface area contributed by atoms with E-state index in [9.17, 15) is 19.0 Å². The van der Waals surface area contributed by atoms with Crippen LogP contribution >= 0.6 is 7.82 Å². The Balaban J connectivity index is 4.51. The first-order valence-electron chi connectivity index (χ1n) is 21.6. The Kier molecular flexibility index (Phi) is 36.3. The maximum atomic E-state index is 12.6. The van der Waals surface area contributed by atoms with Crippen LogP contribution in [0.1, 0.15) is 155 Å². The zero-order valence-electron chi connectivity index (χ0n) is 36.1. The molecule has 9 nitrogen and oxygen atoms in total. The summed E-state index contributed by atoms with van der Waals surface area (Å²) in [5, 5.41) is 0. The average molecular weight is 806 g/mol. The lowest BCUT2D eigenvalue weighted by molar-refractivity contribution is -0.870. The van der Waals surface area contributed by atoms with Gasteiger partial charge in [-0.3, -0.25) is 14.2 Å². The molecule has 0 aliphatic carbocycles. The van der Waals surface area contributed by atoms with Crippen molar-refractivity contribution in [2.24, 2.45) is 0 Å². The summed E-state index contributed by atoms with van der Waals surface area (Å²) in [4.78, 5) is 37.5. The molecule has 0 aliphatic heterocycles. The van der Waals surface area contributed by atoms with E-state index >= 15 is 0 Å². The van der Waals surface area contributed by atoms with Gasteiger partial charge in [0, 0.05) is 12.8 Å². The molecule has 322 valence electrons. The molecule has 2 unspecified atom stereocenters. The molecule has 0 bridgehead atoms. The van der Waals surface area contributed by atoms with Crippen LogP contribution in [-0.2, 0) is 32.7 Å². The van der Waals surface area contributed by atoms with Crippen molar-refractivity contribution in [3.63, 3.8) is 0 Å². The normalized spacial score (nSPS) is 14.3. The molecule has 10 heteroatoms. The van der Waals surface area contributed by atoms with Gasteiger partial charge in [-0.25, -0.2) is 0 Å². The van der Waals surface area contributed by atoms with Crippen molar-refractivity contribution in [1.82, 2.24) is 0 Å². The zero-order valence-corrected chi connectivity index (χ0v) is 36.9. The van der Waals surface area contributed by atoms with Crippen molar-refractivity contribution in [3.8, 4) is 0 Å². The highest BCUT2D eigenvalue weighted by Crippen LogP contribution is 2.38. The molecule has 0 spiro atoms. The van der Waals surface area contributed by atoms with Crippen LogP contribution in [0.15, 0.2) is 72.9 Å². The smallest absolute Gasteiger partial charge is 0.306 e. The van der Waals surface area contributed by atoms with Crippen molar-refractivity contribution in [2.45, 2.75) is 161 Å². The number of esters is 2. The van der Waals surface area contributed by atoms with Crippen molar-refractivity contribution < 1.29 is 42.1 Å². The quantitative estimate of drug-likeness (QED) is 0.0199. The number of carbonyl (C=O) groups is 2. The fraction of sp³-hybridized carbons (Fsp3) is 0.696. The molecule has 0 saturated carbocycles. The van der Waals surface area contributed by atoms with Crippen LogP contribution in [-0.4, -0.2) is 70.0 Å². The average Bonchev–Trinajstić information content (AvgIpc) is 3.15. The summed E-state index contributed by atoms with van der Waals surface area (Å²) in [6, 6.07) is 0. The van der Waals surface area contributed by atoms with Crippen LogP contribution in [0.5, 0.6) is 0 Å². The number of quaternary nitrogens is 1. The van der Waals surface area contributed by atoms with Gasteiger partial charge in [0.25, 0.3) is 7.82 Å². The largest absolute Gasteiger partial charge is 0.756 e. The third kappa shape index (κ3) is 41.1. The lowest BCUT2D eigenvalue weighted by Gasteiger charge is -2.28. The van der Waals surface area contributed by atoms with Crippen LogP contribution in [0.25, 0.3) is 0 Å². The van der Waals surface area contributed by atoms with E-state index < -0.39 is 32.5 Å². The minimum atomic E-state index is -4.65. The van der Waals surface area contributed by atoms with E-state index in [1.165, 1.54) is 64.2 Å². The number of carbonyl (C=O) groups excluding carboxylic acids is 2. The van der Waals surface area contributed by atoms with Gasteiger partial charge in [-0.1, -0.05) is 164 Å². The van der Waals surface area contributed by atoms with E-state index in [1.807, 2.05) is 33.3 Å². The molecule has 2 atom stereocenters. The van der Waals surface area contributed by atoms with E-state index in [2.05, 4.69) is 74.6 Å². The van der Waals surface area contributed by atoms with E-state index in [1.54, 1.807) is 0 Å². The number of hydrogen-bond donors (Lipinski definition) is 0. The Morgan fingerprint density at radius 3 is 1.48 bits per heavy atom. The van der Waals surface area contributed by atoms with Gasteiger partial charge in [-0.05, 0) is 51.4 Å². The maximum absolute atomic E-state index is 12.6. The second-order valence-electron chi connectivity index (χ2n) is 15.3. The number of phosphoric acid groups is 1. The predicted octanol–water partition coefficient (Wildman–Crippen LogP) is 11.6. The summed E-state index contributed by atoms with van der Waals surface area (Å²) in [5.41, 5.74) is 0. The monoisotopic (exact) mass is 806 g/mol. The van der Waals surface area contributed by atoms with Gasteiger partial charge in [-0.15, -0.1) is 0 Å². The summed E-state index contributed by atoms with van der Waals surface area (Å²) >= 11 is 0. The van der Waals surface area contributed by atoms with Gasteiger partial charge < -0.3 is 27.9 Å². The van der Waals surface area contributed by atoms with E-state index in [0.29, 0.717) is 17.4 Å². The Morgan fingerprint density at radius 1 is 0.571 bits per heavy atom. The lowest BCUT2D eigenvalue weighted by atomic mass is 10.0. The number of allylic oxidation sites excluding steroid dienone is 12. The number of nitrogens with zero attached hydrogens (tertiary/aromatic N) is 1. The predicted molar refractivity (Wildman–Crippen MR) is 231 cm³/mol. The highest BCUT2D eigenvalue weighted by Gasteiger charge is 2.21. The molecular weight excluding hydrogens is 725 g/mol. The Morgan fingerprint density at radius 2 is 1.02 bits per heavy atom. The summed E-state index contributed by atoms with van der Waals surface area (Å²) < 4.78 is 33.8. The Labute approximate surface area is 342 Å². The molecule has 0 N–H and O–H groups in total. The van der Waals surface area contributed by atoms with E-state index in [0.717, 1.165) is 57.8 Å². The Bertz CT molecular complexity index is 1180. The van der Waals surface area contributed by atoms with Crippen LogP contribution < -0.4 is 4.89 Å². The van der Waals surface area contributed by atoms with Crippen molar-refractivity contribution >= 4 is 19.8 Å². The molecule has 0 heterocycles. The molecule has 0 amide bonds. The first-order valence-corrected chi connectivity index (χ1v) is 23.1. The number of unbranched alkanes of at least 4 members (excludes halogenated alkanes) is 12. The molecule has 0 aromatic heterocycles. The van der Waals surface area contributed by atoms with Gasteiger partial charge in [0.15, 0.2) is 6.10 Å². The fourth-order valence-corrected chi connectivity index (χ4v) is 6.11. The van der Waals surface area contributed by atoms with E-state index in [-0.39, 0.29) is 26.1 Å². The topological polar surface area (TPSA) is 111 Å². The fourth-order valence-electron chi connectivity index (χ4n) is 5.39. The lowest BCUT2D eigenvalue weighted by Crippen LogP contribution is -2.37. The molecule has 56 heavy (non-hydrogen) atoms. The molecular formula is C46H80NO8P. The molecule has 0 aromatic rings. The van der Waals surface area contributed by atoms with Crippen molar-refractivity contribution in [3.05, 3.63) is 72.9 Å². The molecule has 0 saturated heterocycles. The third-order valence-electron chi connectivity index (χ3n) is 8.75. The number of ether oxygens (including phenoxy) is 2. The molecule has 0 aromatic carbocycles. The molecule has 0 fully saturated rings.